The molecule has 0 bridgehead atoms. The molecular weight excluding hydrogens is 354 g/mol. The number of esters is 1. The third-order valence-corrected chi connectivity index (χ3v) is 3.93. The first-order valence-corrected chi connectivity index (χ1v) is 8.67. The summed E-state index contributed by atoms with van der Waals surface area (Å²) in [5.41, 5.74) is 1.53. The summed E-state index contributed by atoms with van der Waals surface area (Å²) in [4.78, 5) is 16.4. The van der Waals surface area contributed by atoms with Gasteiger partial charge in [-0.2, -0.15) is 0 Å². The van der Waals surface area contributed by atoms with E-state index in [0.717, 1.165) is 5.56 Å². The third kappa shape index (κ3) is 3.89. The van der Waals surface area contributed by atoms with Gasteiger partial charge >= 0.3 is 5.97 Å². The lowest BCUT2D eigenvalue weighted by Gasteiger charge is -2.11. The Kier molecular flexibility index (Phi) is 5.58. The Balaban J connectivity index is 1.93. The fourth-order valence-corrected chi connectivity index (χ4v) is 2.69. The van der Waals surface area contributed by atoms with Gasteiger partial charge < -0.3 is 14.2 Å². The van der Waals surface area contributed by atoms with Gasteiger partial charge in [-0.25, -0.2) is 9.79 Å². The van der Waals surface area contributed by atoms with E-state index in [9.17, 15) is 4.79 Å². The molecule has 6 heteroatoms. The van der Waals surface area contributed by atoms with Crippen LogP contribution in [0.2, 0.25) is 5.02 Å². The summed E-state index contributed by atoms with van der Waals surface area (Å²) in [5, 5.41) is 0.472. The highest BCUT2D eigenvalue weighted by Gasteiger charge is 2.25. The van der Waals surface area contributed by atoms with E-state index in [1.54, 1.807) is 42.5 Å². The molecule has 1 heterocycles. The summed E-state index contributed by atoms with van der Waals surface area (Å²) in [5.74, 6) is 0.950. The van der Waals surface area contributed by atoms with Crippen LogP contribution in [0.25, 0.3) is 6.08 Å². The fourth-order valence-electron chi connectivity index (χ4n) is 2.47. The SMILES string of the molecule is CCOc1ccc(C=C2N=C(c3ccccc3Cl)OC2=O)cc1OCC. The van der Waals surface area contributed by atoms with Crippen molar-refractivity contribution >= 4 is 29.5 Å². The highest BCUT2D eigenvalue weighted by Crippen LogP contribution is 2.30. The Hall–Kier alpha value is -2.79. The maximum absolute atomic E-state index is 12.1. The monoisotopic (exact) mass is 371 g/mol. The van der Waals surface area contributed by atoms with Gasteiger partial charge in [0.05, 0.1) is 23.8 Å². The first kappa shape index (κ1) is 18.0. The highest BCUT2D eigenvalue weighted by atomic mass is 35.5. The predicted octanol–water partition coefficient (Wildman–Crippen LogP) is 4.48. The highest BCUT2D eigenvalue weighted by molar-refractivity contribution is 6.34. The maximum atomic E-state index is 12.1. The summed E-state index contributed by atoms with van der Waals surface area (Å²) >= 11 is 6.14. The maximum Gasteiger partial charge on any atom is 0.363 e. The van der Waals surface area contributed by atoms with Crippen LogP contribution in [0.5, 0.6) is 11.5 Å². The van der Waals surface area contributed by atoms with E-state index in [1.165, 1.54) is 0 Å². The molecule has 0 N–H and O–H groups in total. The molecule has 0 aromatic heterocycles. The molecule has 26 heavy (non-hydrogen) atoms. The van der Waals surface area contributed by atoms with Gasteiger partial charge in [0.2, 0.25) is 5.90 Å². The van der Waals surface area contributed by atoms with E-state index in [4.69, 9.17) is 25.8 Å². The van der Waals surface area contributed by atoms with Gasteiger partial charge in [-0.05, 0) is 49.8 Å². The zero-order chi connectivity index (χ0) is 18.5. The molecule has 0 aliphatic carbocycles. The quantitative estimate of drug-likeness (QED) is 0.555. The second kappa shape index (κ2) is 8.06. The summed E-state index contributed by atoms with van der Waals surface area (Å²) in [6.45, 7) is 4.86. The number of rotatable bonds is 6. The Morgan fingerprint density at radius 1 is 1.08 bits per heavy atom. The zero-order valence-electron chi connectivity index (χ0n) is 14.5. The summed E-state index contributed by atoms with van der Waals surface area (Å²) in [7, 11) is 0. The molecule has 0 atom stereocenters. The predicted molar refractivity (Wildman–Crippen MR) is 101 cm³/mol. The number of halogens is 1. The molecule has 0 unspecified atom stereocenters. The number of carbonyl (C=O) groups excluding carboxylic acids is 1. The second-order valence-electron chi connectivity index (χ2n) is 5.39. The van der Waals surface area contributed by atoms with Gasteiger partial charge in [0.15, 0.2) is 17.2 Å². The minimum absolute atomic E-state index is 0.197. The van der Waals surface area contributed by atoms with Crippen molar-refractivity contribution in [2.45, 2.75) is 13.8 Å². The molecule has 0 fully saturated rings. The molecule has 2 aromatic rings. The van der Waals surface area contributed by atoms with Crippen LogP contribution in [0.3, 0.4) is 0 Å². The van der Waals surface area contributed by atoms with Gasteiger partial charge in [0.25, 0.3) is 0 Å². The minimum Gasteiger partial charge on any atom is -0.490 e. The van der Waals surface area contributed by atoms with E-state index >= 15 is 0 Å². The van der Waals surface area contributed by atoms with E-state index in [-0.39, 0.29) is 11.6 Å². The lowest BCUT2D eigenvalue weighted by Crippen LogP contribution is -2.05. The molecular formula is C20H18ClNO4. The van der Waals surface area contributed by atoms with E-state index in [0.29, 0.717) is 35.3 Å². The molecule has 0 saturated carbocycles. The number of ether oxygens (including phenoxy) is 3. The molecule has 1 aliphatic rings. The molecule has 134 valence electrons. The standard InChI is InChI=1S/C20H18ClNO4/c1-3-24-17-10-9-13(12-18(17)25-4-2)11-16-20(23)26-19(22-16)14-7-5-6-8-15(14)21/h5-12H,3-4H2,1-2H3. The van der Waals surface area contributed by atoms with Gasteiger partial charge in [0.1, 0.15) is 0 Å². The van der Waals surface area contributed by atoms with Crippen LogP contribution in [0, 0.1) is 0 Å². The largest absolute Gasteiger partial charge is 0.490 e. The van der Waals surface area contributed by atoms with Crippen molar-refractivity contribution < 1.29 is 19.0 Å². The topological polar surface area (TPSA) is 57.1 Å². The van der Waals surface area contributed by atoms with Crippen LogP contribution in [0.1, 0.15) is 25.0 Å². The Morgan fingerprint density at radius 2 is 1.81 bits per heavy atom. The zero-order valence-corrected chi connectivity index (χ0v) is 15.2. The van der Waals surface area contributed by atoms with Crippen LogP contribution < -0.4 is 9.47 Å². The summed E-state index contributed by atoms with van der Waals surface area (Å²) in [6.07, 6.45) is 1.64. The molecule has 0 spiro atoms. The van der Waals surface area contributed by atoms with Crippen molar-refractivity contribution in [3.05, 3.63) is 64.3 Å². The minimum atomic E-state index is -0.522. The lowest BCUT2D eigenvalue weighted by molar-refractivity contribution is -0.129. The number of carbonyl (C=O) groups is 1. The van der Waals surface area contributed by atoms with Gasteiger partial charge in [0, 0.05) is 0 Å². The Morgan fingerprint density at radius 3 is 2.54 bits per heavy atom. The van der Waals surface area contributed by atoms with Crippen LogP contribution in [-0.2, 0) is 9.53 Å². The van der Waals surface area contributed by atoms with Crippen molar-refractivity contribution in [3.63, 3.8) is 0 Å². The van der Waals surface area contributed by atoms with Gasteiger partial charge in [-0.15, -0.1) is 0 Å². The molecule has 2 aromatic carbocycles. The molecule has 0 radical (unpaired) electrons. The van der Waals surface area contributed by atoms with Crippen LogP contribution >= 0.6 is 11.6 Å². The Bertz CT molecular complexity index is 889. The number of nitrogens with zero attached hydrogens (tertiary/aromatic N) is 1. The number of benzene rings is 2. The average Bonchev–Trinajstić information content (AvgIpc) is 2.98. The van der Waals surface area contributed by atoms with Crippen molar-refractivity contribution in [3.8, 4) is 11.5 Å². The molecule has 3 rings (SSSR count). The number of hydrogen-bond donors (Lipinski definition) is 0. The first-order valence-electron chi connectivity index (χ1n) is 8.29. The molecule has 0 saturated heterocycles. The second-order valence-corrected chi connectivity index (χ2v) is 5.80. The van der Waals surface area contributed by atoms with Crippen molar-refractivity contribution in [1.82, 2.24) is 0 Å². The normalized spacial score (nSPS) is 15.0. The molecule has 0 amide bonds. The fraction of sp³-hybridized carbons (Fsp3) is 0.200. The van der Waals surface area contributed by atoms with Crippen molar-refractivity contribution in [2.75, 3.05) is 13.2 Å². The van der Waals surface area contributed by atoms with Crippen LogP contribution in [-0.4, -0.2) is 25.1 Å². The number of cyclic esters (lactones) is 1. The van der Waals surface area contributed by atoms with Crippen molar-refractivity contribution in [2.24, 2.45) is 4.99 Å². The smallest absolute Gasteiger partial charge is 0.363 e. The Labute approximate surface area is 156 Å². The number of aliphatic imine (C=N–C) groups is 1. The van der Waals surface area contributed by atoms with E-state index in [1.807, 2.05) is 19.9 Å². The van der Waals surface area contributed by atoms with Crippen molar-refractivity contribution in [1.29, 1.82) is 0 Å². The first-order chi connectivity index (χ1) is 12.6. The molecule has 5 nitrogen and oxygen atoms in total. The van der Waals surface area contributed by atoms with Crippen LogP contribution in [0.15, 0.2) is 53.2 Å². The lowest BCUT2D eigenvalue weighted by atomic mass is 10.1. The van der Waals surface area contributed by atoms with Gasteiger partial charge in [-0.1, -0.05) is 29.8 Å². The van der Waals surface area contributed by atoms with Crippen LogP contribution in [0.4, 0.5) is 0 Å². The number of hydrogen-bond acceptors (Lipinski definition) is 5. The van der Waals surface area contributed by atoms with Gasteiger partial charge in [-0.3, -0.25) is 0 Å². The average molecular weight is 372 g/mol. The van der Waals surface area contributed by atoms with E-state index in [2.05, 4.69) is 4.99 Å². The summed E-state index contributed by atoms with van der Waals surface area (Å²) < 4.78 is 16.4. The third-order valence-electron chi connectivity index (χ3n) is 3.60. The molecule has 1 aliphatic heterocycles. The summed E-state index contributed by atoms with van der Waals surface area (Å²) in [6, 6.07) is 12.5. The van der Waals surface area contributed by atoms with E-state index < -0.39 is 5.97 Å².